The van der Waals surface area contributed by atoms with Crippen LogP contribution in [0.5, 0.6) is 0 Å². The molecule has 1 aliphatic rings. The van der Waals surface area contributed by atoms with E-state index in [0.29, 0.717) is 25.5 Å². The second-order valence-corrected chi connectivity index (χ2v) is 5.22. The summed E-state index contributed by atoms with van der Waals surface area (Å²) in [5.41, 5.74) is -0.733. The van der Waals surface area contributed by atoms with Gasteiger partial charge < -0.3 is 15.5 Å². The molecule has 0 aliphatic carbocycles. The van der Waals surface area contributed by atoms with Crippen LogP contribution in [0.2, 0.25) is 0 Å². The number of carbonyl (C=O) groups is 1. The smallest absolute Gasteiger partial charge is 0.329 e. The average molecular weight is 294 g/mol. The Labute approximate surface area is 121 Å². The van der Waals surface area contributed by atoms with Gasteiger partial charge in [0.2, 0.25) is 17.7 Å². The Bertz CT molecular complexity index is 578. The van der Waals surface area contributed by atoms with E-state index in [-0.39, 0.29) is 17.4 Å². The molecule has 2 N–H and O–H groups in total. The van der Waals surface area contributed by atoms with Crippen molar-refractivity contribution in [2.24, 2.45) is 5.41 Å². The highest BCUT2D eigenvalue weighted by atomic mass is 16.6. The summed E-state index contributed by atoms with van der Waals surface area (Å²) in [6.45, 7) is 2.76. The molecular formula is C12H18N6O3. The largest absolute Gasteiger partial charge is 0.359 e. The van der Waals surface area contributed by atoms with Gasteiger partial charge in [-0.15, -0.1) is 0 Å². The van der Waals surface area contributed by atoms with Gasteiger partial charge in [0.05, 0.1) is 10.3 Å². The van der Waals surface area contributed by atoms with Crippen molar-refractivity contribution in [2.45, 2.75) is 13.3 Å². The molecule has 0 spiro atoms. The molecule has 1 aromatic heterocycles. The number of aromatic nitrogens is 2. The van der Waals surface area contributed by atoms with Crippen molar-refractivity contribution >= 4 is 23.4 Å². The zero-order valence-electron chi connectivity index (χ0n) is 12.2. The van der Waals surface area contributed by atoms with E-state index >= 15 is 0 Å². The molecule has 1 aliphatic heterocycles. The Kier molecular flexibility index (Phi) is 3.92. The number of rotatable bonds is 4. The first-order chi connectivity index (χ1) is 9.91. The molecule has 1 unspecified atom stereocenters. The third-order valence-corrected chi connectivity index (χ3v) is 3.72. The van der Waals surface area contributed by atoms with Gasteiger partial charge in [-0.3, -0.25) is 14.9 Å². The summed E-state index contributed by atoms with van der Waals surface area (Å²) in [5.74, 6) is 0.478. The molecule has 0 aromatic carbocycles. The summed E-state index contributed by atoms with van der Waals surface area (Å²) in [6, 6.07) is 0. The first kappa shape index (κ1) is 14.9. The Morgan fingerprint density at radius 2 is 2.24 bits per heavy atom. The maximum absolute atomic E-state index is 11.9. The average Bonchev–Trinajstić information content (AvgIpc) is 2.89. The fraction of sp³-hybridized carbons (Fsp3) is 0.583. The highest BCUT2D eigenvalue weighted by Crippen LogP contribution is 2.36. The molecule has 2 rings (SSSR count). The minimum Gasteiger partial charge on any atom is -0.359 e. The van der Waals surface area contributed by atoms with Crippen molar-refractivity contribution in [3.05, 3.63) is 16.3 Å². The highest BCUT2D eigenvalue weighted by molar-refractivity contribution is 5.83. The molecule has 9 heteroatoms. The Morgan fingerprint density at radius 3 is 2.81 bits per heavy atom. The molecule has 1 saturated heterocycles. The van der Waals surface area contributed by atoms with Crippen molar-refractivity contribution in [3.8, 4) is 0 Å². The number of carbonyl (C=O) groups excluding carboxylic acids is 1. The third-order valence-electron chi connectivity index (χ3n) is 3.72. The van der Waals surface area contributed by atoms with Crippen LogP contribution in [0.3, 0.4) is 0 Å². The van der Waals surface area contributed by atoms with Crippen LogP contribution in [0, 0.1) is 15.5 Å². The molecule has 0 saturated carbocycles. The van der Waals surface area contributed by atoms with Crippen molar-refractivity contribution < 1.29 is 9.72 Å². The summed E-state index contributed by atoms with van der Waals surface area (Å²) >= 11 is 0. The van der Waals surface area contributed by atoms with E-state index in [2.05, 4.69) is 20.6 Å². The van der Waals surface area contributed by atoms with E-state index in [9.17, 15) is 14.9 Å². The van der Waals surface area contributed by atoms with Crippen molar-refractivity contribution in [3.63, 3.8) is 0 Å². The van der Waals surface area contributed by atoms with Gasteiger partial charge >= 0.3 is 5.69 Å². The third kappa shape index (κ3) is 2.71. The topological polar surface area (TPSA) is 113 Å². The molecule has 1 aromatic rings. The summed E-state index contributed by atoms with van der Waals surface area (Å²) in [4.78, 5) is 32.4. The fourth-order valence-electron chi connectivity index (χ4n) is 2.48. The standard InChI is InChI=1S/C12H18N6O3/c1-12(10(19)13-2)4-5-17(7-12)9-8(18(20)21)6-15-11(14-3)16-9/h6H,4-5,7H2,1-3H3,(H,13,19)(H,14,15,16). The fourth-order valence-corrected chi connectivity index (χ4v) is 2.48. The first-order valence-corrected chi connectivity index (χ1v) is 6.57. The van der Waals surface area contributed by atoms with Crippen LogP contribution in [0.25, 0.3) is 0 Å². The molecule has 1 atom stereocenters. The zero-order valence-corrected chi connectivity index (χ0v) is 12.2. The van der Waals surface area contributed by atoms with Crippen LogP contribution in [0.4, 0.5) is 17.5 Å². The molecule has 2 heterocycles. The van der Waals surface area contributed by atoms with E-state index in [0.717, 1.165) is 0 Å². The molecule has 0 bridgehead atoms. The van der Waals surface area contributed by atoms with Gasteiger partial charge in [-0.05, 0) is 13.3 Å². The number of nitrogens with zero attached hydrogens (tertiary/aromatic N) is 4. The van der Waals surface area contributed by atoms with Crippen LogP contribution < -0.4 is 15.5 Å². The molecule has 0 radical (unpaired) electrons. The SMILES string of the molecule is CNC(=O)C1(C)CCN(c2nc(NC)ncc2[N+](=O)[O-])C1. The number of amides is 1. The van der Waals surface area contributed by atoms with Gasteiger partial charge in [0.1, 0.15) is 6.20 Å². The van der Waals surface area contributed by atoms with E-state index < -0.39 is 10.3 Å². The molecule has 114 valence electrons. The summed E-state index contributed by atoms with van der Waals surface area (Å²) < 4.78 is 0. The second-order valence-electron chi connectivity index (χ2n) is 5.22. The Balaban J connectivity index is 2.34. The van der Waals surface area contributed by atoms with Crippen molar-refractivity contribution in [2.75, 3.05) is 37.4 Å². The van der Waals surface area contributed by atoms with Crippen LogP contribution >= 0.6 is 0 Å². The lowest BCUT2D eigenvalue weighted by Crippen LogP contribution is -2.39. The van der Waals surface area contributed by atoms with Gasteiger partial charge in [0, 0.05) is 27.2 Å². The van der Waals surface area contributed by atoms with Crippen LogP contribution in [-0.4, -0.2) is 48.0 Å². The van der Waals surface area contributed by atoms with Crippen LogP contribution in [0.15, 0.2) is 6.20 Å². The van der Waals surface area contributed by atoms with Crippen molar-refractivity contribution in [1.29, 1.82) is 0 Å². The molecule has 9 nitrogen and oxygen atoms in total. The second kappa shape index (κ2) is 5.51. The first-order valence-electron chi connectivity index (χ1n) is 6.57. The Morgan fingerprint density at radius 1 is 1.52 bits per heavy atom. The number of hydrogen-bond acceptors (Lipinski definition) is 7. The van der Waals surface area contributed by atoms with Gasteiger partial charge in [0.25, 0.3) is 0 Å². The van der Waals surface area contributed by atoms with E-state index in [1.807, 2.05) is 6.92 Å². The van der Waals surface area contributed by atoms with Crippen LogP contribution in [-0.2, 0) is 4.79 Å². The molecule has 1 amide bonds. The number of hydrogen-bond donors (Lipinski definition) is 2. The van der Waals surface area contributed by atoms with Gasteiger partial charge in [-0.25, -0.2) is 4.98 Å². The highest BCUT2D eigenvalue weighted by Gasteiger charge is 2.42. The van der Waals surface area contributed by atoms with Crippen molar-refractivity contribution in [1.82, 2.24) is 15.3 Å². The lowest BCUT2D eigenvalue weighted by molar-refractivity contribution is -0.384. The lowest BCUT2D eigenvalue weighted by atomic mass is 9.89. The molecule has 21 heavy (non-hydrogen) atoms. The normalized spacial score (nSPS) is 21.2. The molecular weight excluding hydrogens is 276 g/mol. The summed E-state index contributed by atoms with van der Waals surface area (Å²) in [5, 5.41) is 16.5. The van der Waals surface area contributed by atoms with Gasteiger partial charge in [0.15, 0.2) is 0 Å². The van der Waals surface area contributed by atoms with Gasteiger partial charge in [-0.2, -0.15) is 4.98 Å². The number of anilines is 2. The zero-order chi connectivity index (χ0) is 15.6. The lowest BCUT2D eigenvalue weighted by Gasteiger charge is -2.23. The maximum Gasteiger partial charge on any atom is 0.329 e. The monoisotopic (exact) mass is 294 g/mol. The summed E-state index contributed by atoms with van der Waals surface area (Å²) in [6.07, 6.45) is 1.80. The quantitative estimate of drug-likeness (QED) is 0.610. The van der Waals surface area contributed by atoms with E-state index in [1.165, 1.54) is 6.20 Å². The predicted molar refractivity (Wildman–Crippen MR) is 77.2 cm³/mol. The minimum atomic E-state index is -0.576. The van der Waals surface area contributed by atoms with E-state index in [4.69, 9.17) is 0 Å². The maximum atomic E-state index is 11.9. The summed E-state index contributed by atoms with van der Waals surface area (Å²) in [7, 11) is 3.23. The van der Waals surface area contributed by atoms with E-state index in [1.54, 1.807) is 19.0 Å². The number of nitrogens with one attached hydrogen (secondary N) is 2. The predicted octanol–water partition coefficient (Wildman–Crippen LogP) is 0.389. The minimum absolute atomic E-state index is 0.0736. The Hall–Kier alpha value is -2.45. The van der Waals surface area contributed by atoms with Gasteiger partial charge in [-0.1, -0.05) is 0 Å². The van der Waals surface area contributed by atoms with Crippen LogP contribution in [0.1, 0.15) is 13.3 Å². The molecule has 1 fully saturated rings. The number of nitro groups is 1.